The normalized spacial score (nSPS) is 22.9. The van der Waals surface area contributed by atoms with E-state index in [0.717, 1.165) is 0 Å². The van der Waals surface area contributed by atoms with Crippen LogP contribution in [0, 0.1) is 21.4 Å². The fourth-order valence-corrected chi connectivity index (χ4v) is 2.38. The number of pyridine rings is 1. The molecule has 0 bridgehead atoms. The van der Waals surface area contributed by atoms with Gasteiger partial charge in [-0.2, -0.15) is 5.26 Å². The first-order valence-corrected chi connectivity index (χ1v) is 6.06. The zero-order chi connectivity index (χ0) is 14.0. The van der Waals surface area contributed by atoms with E-state index in [2.05, 4.69) is 10.3 Å². The Morgan fingerprint density at radius 1 is 1.53 bits per heavy atom. The molecule has 1 fully saturated rings. The van der Waals surface area contributed by atoms with Crippen molar-refractivity contribution in [1.29, 1.82) is 5.26 Å². The molecule has 1 aliphatic rings. The first-order valence-electron chi connectivity index (χ1n) is 6.06. The Labute approximate surface area is 111 Å². The fourth-order valence-electron chi connectivity index (χ4n) is 2.38. The lowest BCUT2D eigenvalue weighted by atomic mass is 10.1. The number of nitro groups is 1. The van der Waals surface area contributed by atoms with Gasteiger partial charge in [0, 0.05) is 37.4 Å². The molecule has 1 aliphatic heterocycles. The first-order chi connectivity index (χ1) is 9.01. The van der Waals surface area contributed by atoms with E-state index in [1.165, 1.54) is 12.3 Å². The van der Waals surface area contributed by atoms with Gasteiger partial charge in [0.1, 0.15) is 6.07 Å². The van der Waals surface area contributed by atoms with Gasteiger partial charge in [-0.05, 0) is 13.8 Å². The molecule has 7 nitrogen and oxygen atoms in total. The second-order valence-electron chi connectivity index (χ2n) is 4.81. The SMILES string of the molecule is CC1CN(c2ncc(C#N)cc2[N+](=O)[O-])CC(C)N1. The predicted octanol–water partition coefficient (Wildman–Crippen LogP) is 1.05. The zero-order valence-corrected chi connectivity index (χ0v) is 10.8. The van der Waals surface area contributed by atoms with Gasteiger partial charge < -0.3 is 10.2 Å². The van der Waals surface area contributed by atoms with Crippen molar-refractivity contribution < 1.29 is 4.92 Å². The molecule has 0 aromatic carbocycles. The number of rotatable bonds is 2. The lowest BCUT2D eigenvalue weighted by Crippen LogP contribution is -2.54. The van der Waals surface area contributed by atoms with E-state index in [9.17, 15) is 10.1 Å². The molecule has 0 saturated carbocycles. The summed E-state index contributed by atoms with van der Waals surface area (Å²) < 4.78 is 0. The highest BCUT2D eigenvalue weighted by molar-refractivity contribution is 5.60. The zero-order valence-electron chi connectivity index (χ0n) is 10.8. The lowest BCUT2D eigenvalue weighted by molar-refractivity contribution is -0.384. The van der Waals surface area contributed by atoms with Crippen LogP contribution in [0.5, 0.6) is 0 Å². The summed E-state index contributed by atoms with van der Waals surface area (Å²) in [4.78, 5) is 16.6. The summed E-state index contributed by atoms with van der Waals surface area (Å²) in [6, 6.07) is 3.62. The van der Waals surface area contributed by atoms with Crippen LogP contribution in [0.1, 0.15) is 19.4 Å². The van der Waals surface area contributed by atoms with Gasteiger partial charge in [-0.15, -0.1) is 0 Å². The van der Waals surface area contributed by atoms with Crippen molar-refractivity contribution in [3.8, 4) is 6.07 Å². The summed E-state index contributed by atoms with van der Waals surface area (Å²) in [6.45, 7) is 5.37. The highest BCUT2D eigenvalue weighted by atomic mass is 16.6. The first kappa shape index (κ1) is 13.2. The monoisotopic (exact) mass is 261 g/mol. The summed E-state index contributed by atoms with van der Waals surface area (Å²) in [6.07, 6.45) is 1.37. The van der Waals surface area contributed by atoms with Crippen molar-refractivity contribution in [2.45, 2.75) is 25.9 Å². The molecule has 2 rings (SSSR count). The van der Waals surface area contributed by atoms with Crippen molar-refractivity contribution in [2.24, 2.45) is 0 Å². The van der Waals surface area contributed by atoms with Crippen LogP contribution in [0.3, 0.4) is 0 Å². The number of nitrogens with one attached hydrogen (secondary N) is 1. The fraction of sp³-hybridized carbons (Fsp3) is 0.500. The lowest BCUT2D eigenvalue weighted by Gasteiger charge is -2.36. The maximum atomic E-state index is 11.1. The Bertz CT molecular complexity index is 529. The molecule has 100 valence electrons. The number of nitriles is 1. The number of nitrogens with zero attached hydrogens (tertiary/aromatic N) is 4. The van der Waals surface area contributed by atoms with Crippen LogP contribution in [0.25, 0.3) is 0 Å². The summed E-state index contributed by atoms with van der Waals surface area (Å²) in [5, 5.41) is 23.3. The Balaban J connectivity index is 2.38. The van der Waals surface area contributed by atoms with Crippen LogP contribution in [0.2, 0.25) is 0 Å². The minimum absolute atomic E-state index is 0.111. The molecule has 2 unspecified atom stereocenters. The van der Waals surface area contributed by atoms with Crippen LogP contribution in [-0.4, -0.2) is 35.1 Å². The molecular formula is C12H15N5O2. The topological polar surface area (TPSA) is 95.1 Å². The summed E-state index contributed by atoms with van der Waals surface area (Å²) in [5.74, 6) is 0.337. The van der Waals surface area contributed by atoms with Crippen LogP contribution >= 0.6 is 0 Å². The third-order valence-electron chi connectivity index (χ3n) is 3.03. The Morgan fingerprint density at radius 3 is 2.68 bits per heavy atom. The van der Waals surface area contributed by atoms with Gasteiger partial charge in [-0.1, -0.05) is 0 Å². The van der Waals surface area contributed by atoms with E-state index >= 15 is 0 Å². The molecule has 0 amide bonds. The van der Waals surface area contributed by atoms with Gasteiger partial charge >= 0.3 is 5.69 Å². The van der Waals surface area contributed by atoms with E-state index in [1.807, 2.05) is 24.8 Å². The predicted molar refractivity (Wildman–Crippen MR) is 69.9 cm³/mol. The van der Waals surface area contributed by atoms with Crippen LogP contribution in [-0.2, 0) is 0 Å². The Morgan fingerprint density at radius 2 is 2.16 bits per heavy atom. The van der Waals surface area contributed by atoms with Crippen LogP contribution in [0.15, 0.2) is 12.3 Å². The molecule has 2 atom stereocenters. The van der Waals surface area contributed by atoms with E-state index in [-0.39, 0.29) is 23.3 Å². The molecule has 0 aliphatic carbocycles. The Hall–Kier alpha value is -2.20. The van der Waals surface area contributed by atoms with Crippen molar-refractivity contribution in [2.75, 3.05) is 18.0 Å². The van der Waals surface area contributed by atoms with Crippen molar-refractivity contribution in [3.63, 3.8) is 0 Å². The summed E-state index contributed by atoms with van der Waals surface area (Å²) in [5.41, 5.74) is 0.0898. The van der Waals surface area contributed by atoms with Crippen LogP contribution < -0.4 is 10.2 Å². The van der Waals surface area contributed by atoms with Gasteiger partial charge in [0.25, 0.3) is 0 Å². The van der Waals surface area contributed by atoms with Gasteiger partial charge in [-0.3, -0.25) is 10.1 Å². The maximum absolute atomic E-state index is 11.1. The quantitative estimate of drug-likeness (QED) is 0.631. The molecule has 1 aromatic heterocycles. The number of aromatic nitrogens is 1. The third-order valence-corrected chi connectivity index (χ3v) is 3.03. The van der Waals surface area contributed by atoms with E-state index in [1.54, 1.807) is 0 Å². The molecule has 0 radical (unpaired) electrons. The number of anilines is 1. The Kier molecular flexibility index (Phi) is 3.62. The second kappa shape index (κ2) is 5.20. The minimum atomic E-state index is -0.486. The highest BCUT2D eigenvalue weighted by Crippen LogP contribution is 2.27. The van der Waals surface area contributed by atoms with Crippen molar-refractivity contribution in [3.05, 3.63) is 27.9 Å². The molecule has 7 heteroatoms. The minimum Gasteiger partial charge on any atom is -0.348 e. The average molecular weight is 261 g/mol. The van der Waals surface area contributed by atoms with Gasteiger partial charge in [0.2, 0.25) is 5.82 Å². The number of piperazine rings is 1. The molecule has 1 N–H and O–H groups in total. The number of hydrogen-bond acceptors (Lipinski definition) is 6. The van der Waals surface area contributed by atoms with E-state index in [4.69, 9.17) is 5.26 Å². The van der Waals surface area contributed by atoms with E-state index < -0.39 is 4.92 Å². The molecule has 19 heavy (non-hydrogen) atoms. The standard InChI is InChI=1S/C12H15N5O2/c1-8-6-16(7-9(2)15-8)12-11(17(18)19)3-10(4-13)5-14-12/h3,5,8-9,15H,6-7H2,1-2H3. The number of hydrogen-bond donors (Lipinski definition) is 1. The smallest absolute Gasteiger partial charge is 0.312 e. The molecule has 2 heterocycles. The summed E-state index contributed by atoms with van der Waals surface area (Å²) in [7, 11) is 0. The van der Waals surface area contributed by atoms with Crippen molar-refractivity contribution >= 4 is 11.5 Å². The third kappa shape index (κ3) is 2.80. The molecular weight excluding hydrogens is 246 g/mol. The van der Waals surface area contributed by atoms with E-state index in [0.29, 0.717) is 18.9 Å². The molecule has 1 aromatic rings. The largest absolute Gasteiger partial charge is 0.348 e. The van der Waals surface area contributed by atoms with Gasteiger partial charge in [0.15, 0.2) is 0 Å². The van der Waals surface area contributed by atoms with Crippen molar-refractivity contribution in [1.82, 2.24) is 10.3 Å². The molecule has 1 saturated heterocycles. The second-order valence-corrected chi connectivity index (χ2v) is 4.81. The maximum Gasteiger partial charge on any atom is 0.312 e. The van der Waals surface area contributed by atoms with Gasteiger partial charge in [-0.25, -0.2) is 4.98 Å². The molecule has 0 spiro atoms. The highest BCUT2D eigenvalue weighted by Gasteiger charge is 2.28. The average Bonchev–Trinajstić information content (AvgIpc) is 2.36. The van der Waals surface area contributed by atoms with Crippen LogP contribution in [0.4, 0.5) is 11.5 Å². The van der Waals surface area contributed by atoms with Gasteiger partial charge in [0.05, 0.1) is 10.5 Å². The summed E-state index contributed by atoms with van der Waals surface area (Å²) >= 11 is 0.